The van der Waals surface area contributed by atoms with E-state index < -0.39 is 29.2 Å². The molecule has 1 unspecified atom stereocenters. The highest BCUT2D eigenvalue weighted by Crippen LogP contribution is 2.37. The molecular weight excluding hydrogens is 463 g/mol. The number of nitrogens with two attached hydrogens (primary N) is 1. The van der Waals surface area contributed by atoms with E-state index in [1.807, 2.05) is 0 Å². The van der Waals surface area contributed by atoms with Crippen molar-refractivity contribution in [3.05, 3.63) is 35.8 Å². The molecule has 2 saturated carbocycles. The number of imidazole rings is 1. The first-order valence-corrected chi connectivity index (χ1v) is 11.7. The first-order valence-electron chi connectivity index (χ1n) is 11.7. The third-order valence-electron chi connectivity index (χ3n) is 6.93. The number of fused-ring (bicyclic) bond motifs is 1. The monoisotopic (exact) mass is 489 g/mol. The van der Waals surface area contributed by atoms with Gasteiger partial charge < -0.3 is 21.5 Å². The van der Waals surface area contributed by atoms with Crippen LogP contribution in [0.15, 0.2) is 18.3 Å². The lowest BCUT2D eigenvalue weighted by molar-refractivity contribution is -0.122. The molecule has 2 aliphatic carbocycles. The number of halogens is 3. The molecule has 12 heteroatoms. The summed E-state index contributed by atoms with van der Waals surface area (Å²) in [6, 6.07) is 0.829. The Morgan fingerprint density at radius 3 is 2.40 bits per heavy atom. The number of carbonyl (C=O) groups excluding carboxylic acids is 1. The molecule has 0 bridgehead atoms. The van der Waals surface area contributed by atoms with Gasteiger partial charge in [0.1, 0.15) is 17.0 Å². The molecule has 1 aromatic carbocycles. The van der Waals surface area contributed by atoms with Crippen LogP contribution >= 0.6 is 0 Å². The number of rotatable bonds is 6. The van der Waals surface area contributed by atoms with Crippen LogP contribution in [-0.4, -0.2) is 42.7 Å². The molecule has 35 heavy (non-hydrogen) atoms. The van der Waals surface area contributed by atoms with Crippen LogP contribution in [0.1, 0.15) is 51.0 Å². The minimum absolute atomic E-state index is 0.124. The van der Waals surface area contributed by atoms with E-state index in [-0.39, 0.29) is 29.9 Å². The van der Waals surface area contributed by atoms with Crippen LogP contribution in [-0.2, 0) is 4.79 Å². The fraction of sp³-hybridized carbons (Fsp3) is 0.478. The third kappa shape index (κ3) is 4.62. The molecule has 186 valence electrons. The average Bonchev–Trinajstić information content (AvgIpc) is 3.38. The van der Waals surface area contributed by atoms with E-state index >= 15 is 0 Å². The zero-order valence-corrected chi connectivity index (χ0v) is 18.8. The number of amides is 1. The van der Waals surface area contributed by atoms with Crippen molar-refractivity contribution in [1.82, 2.24) is 19.5 Å². The van der Waals surface area contributed by atoms with Gasteiger partial charge in [-0.25, -0.2) is 23.1 Å². The molecular formula is C23H26F3N7O2. The van der Waals surface area contributed by atoms with Crippen LogP contribution in [0.5, 0.6) is 0 Å². The predicted molar refractivity (Wildman–Crippen MR) is 122 cm³/mol. The largest absolute Gasteiger partial charge is 0.391 e. The molecule has 2 aromatic heterocycles. The molecule has 2 heterocycles. The van der Waals surface area contributed by atoms with Crippen LogP contribution in [0.2, 0.25) is 0 Å². The number of anilines is 3. The Kier molecular flexibility index (Phi) is 6.22. The SMILES string of the molecule is NC(=O)[C@H]1CC[C@@H](n2c(Nc3c(F)cc(F)cc3F)nc3cnc(NC4CCC[C@H]4O)nc32)CC1. The summed E-state index contributed by atoms with van der Waals surface area (Å²) in [6.45, 7) is 0. The molecule has 1 amide bonds. The Balaban J connectivity index is 1.54. The highest BCUT2D eigenvalue weighted by atomic mass is 19.1. The number of aromatic nitrogens is 4. The van der Waals surface area contributed by atoms with E-state index in [9.17, 15) is 23.1 Å². The lowest BCUT2D eigenvalue weighted by atomic mass is 9.85. The van der Waals surface area contributed by atoms with Gasteiger partial charge in [-0.2, -0.15) is 4.98 Å². The number of carbonyl (C=O) groups is 1. The summed E-state index contributed by atoms with van der Waals surface area (Å²) in [7, 11) is 0. The van der Waals surface area contributed by atoms with E-state index in [0.717, 1.165) is 12.8 Å². The molecule has 9 nitrogen and oxygen atoms in total. The zero-order chi connectivity index (χ0) is 24.7. The maximum absolute atomic E-state index is 14.4. The minimum Gasteiger partial charge on any atom is -0.391 e. The second kappa shape index (κ2) is 9.33. The lowest BCUT2D eigenvalue weighted by Crippen LogP contribution is -2.29. The van der Waals surface area contributed by atoms with E-state index in [1.54, 1.807) is 4.57 Å². The first-order chi connectivity index (χ1) is 16.8. The molecule has 2 atom stereocenters. The van der Waals surface area contributed by atoms with Gasteiger partial charge in [-0.15, -0.1) is 0 Å². The van der Waals surface area contributed by atoms with Crippen molar-refractivity contribution < 1.29 is 23.1 Å². The van der Waals surface area contributed by atoms with Gasteiger partial charge in [-0.1, -0.05) is 0 Å². The fourth-order valence-electron chi connectivity index (χ4n) is 5.06. The number of hydrogen-bond acceptors (Lipinski definition) is 7. The topological polar surface area (TPSA) is 131 Å². The Bertz CT molecular complexity index is 1240. The highest BCUT2D eigenvalue weighted by Gasteiger charge is 2.30. The molecule has 3 aromatic rings. The third-order valence-corrected chi connectivity index (χ3v) is 6.93. The smallest absolute Gasteiger partial charge is 0.225 e. The number of nitrogens with one attached hydrogen (secondary N) is 2. The van der Waals surface area contributed by atoms with Crippen molar-refractivity contribution in [2.45, 2.75) is 63.1 Å². The second-order valence-corrected chi connectivity index (χ2v) is 9.23. The van der Waals surface area contributed by atoms with Crippen LogP contribution < -0.4 is 16.4 Å². The standard InChI is InChI=1S/C23H26F3N7O2/c24-12-8-14(25)19(15(26)9-12)31-23-30-17-10-28-22(29-16-2-1-3-18(16)34)32-21(17)33(23)13-6-4-11(5-7-13)20(27)35/h8-11,13,16,18,34H,1-7H2,(H2,27,35)(H,30,31)(H,28,29,32)/t11-,13+,16?,18-/m1/s1. The van der Waals surface area contributed by atoms with Crippen molar-refractivity contribution in [3.63, 3.8) is 0 Å². The molecule has 0 aliphatic heterocycles. The molecule has 0 radical (unpaired) electrons. The van der Waals surface area contributed by atoms with Crippen LogP contribution in [0.3, 0.4) is 0 Å². The normalized spacial score (nSPS) is 24.6. The number of primary amides is 1. The predicted octanol–water partition coefficient (Wildman–Crippen LogP) is 3.53. The van der Waals surface area contributed by atoms with Crippen molar-refractivity contribution in [2.75, 3.05) is 10.6 Å². The van der Waals surface area contributed by atoms with E-state index in [0.29, 0.717) is 61.3 Å². The van der Waals surface area contributed by atoms with Gasteiger partial charge in [0.05, 0.1) is 18.3 Å². The lowest BCUT2D eigenvalue weighted by Gasteiger charge is -2.29. The maximum Gasteiger partial charge on any atom is 0.225 e. The maximum atomic E-state index is 14.4. The van der Waals surface area contributed by atoms with Crippen molar-refractivity contribution in [1.29, 1.82) is 0 Å². The van der Waals surface area contributed by atoms with Gasteiger partial charge in [0.15, 0.2) is 17.3 Å². The Morgan fingerprint density at radius 2 is 1.77 bits per heavy atom. The molecule has 0 saturated heterocycles. The van der Waals surface area contributed by atoms with E-state index in [2.05, 4.69) is 25.6 Å². The van der Waals surface area contributed by atoms with Gasteiger partial charge in [0.2, 0.25) is 17.8 Å². The number of nitrogens with zero attached hydrogens (tertiary/aromatic N) is 4. The van der Waals surface area contributed by atoms with Crippen LogP contribution in [0.25, 0.3) is 11.2 Å². The highest BCUT2D eigenvalue weighted by molar-refractivity contribution is 5.78. The summed E-state index contributed by atoms with van der Waals surface area (Å²) in [5.41, 5.74) is 5.77. The van der Waals surface area contributed by atoms with E-state index in [4.69, 9.17) is 5.73 Å². The van der Waals surface area contributed by atoms with Crippen molar-refractivity contribution in [2.24, 2.45) is 11.7 Å². The van der Waals surface area contributed by atoms with Crippen molar-refractivity contribution in [3.8, 4) is 0 Å². The van der Waals surface area contributed by atoms with Crippen molar-refractivity contribution >= 4 is 34.7 Å². The summed E-state index contributed by atoms with van der Waals surface area (Å²) in [5.74, 6) is -3.37. The fourth-order valence-corrected chi connectivity index (χ4v) is 5.06. The summed E-state index contributed by atoms with van der Waals surface area (Å²) in [4.78, 5) is 25.0. The number of aliphatic hydroxyl groups is 1. The summed E-state index contributed by atoms with van der Waals surface area (Å²) in [6.07, 6.45) is 5.66. The molecule has 5 rings (SSSR count). The number of hydrogen-bond donors (Lipinski definition) is 4. The van der Waals surface area contributed by atoms with Gasteiger partial charge >= 0.3 is 0 Å². The molecule has 2 aliphatic rings. The van der Waals surface area contributed by atoms with Gasteiger partial charge in [-0.3, -0.25) is 9.36 Å². The van der Waals surface area contributed by atoms with Crippen LogP contribution in [0, 0.1) is 23.4 Å². The summed E-state index contributed by atoms with van der Waals surface area (Å²) >= 11 is 0. The van der Waals surface area contributed by atoms with Gasteiger partial charge in [-0.05, 0) is 44.9 Å². The van der Waals surface area contributed by atoms with Crippen LogP contribution in [0.4, 0.5) is 30.8 Å². The first kappa shape index (κ1) is 23.3. The molecule has 5 N–H and O–H groups in total. The Labute approximate surface area is 199 Å². The minimum atomic E-state index is -1.10. The number of benzene rings is 1. The van der Waals surface area contributed by atoms with E-state index in [1.165, 1.54) is 6.20 Å². The molecule has 2 fully saturated rings. The second-order valence-electron chi connectivity index (χ2n) is 9.23. The molecule has 0 spiro atoms. The Hall–Kier alpha value is -3.41. The quantitative estimate of drug-likeness (QED) is 0.417. The average molecular weight is 490 g/mol. The Morgan fingerprint density at radius 1 is 1.06 bits per heavy atom. The van der Waals surface area contributed by atoms with Gasteiger partial charge in [0.25, 0.3) is 0 Å². The number of aliphatic hydroxyl groups excluding tert-OH is 1. The summed E-state index contributed by atoms with van der Waals surface area (Å²) in [5, 5.41) is 16.0. The van der Waals surface area contributed by atoms with Gasteiger partial charge in [0, 0.05) is 24.1 Å². The zero-order valence-electron chi connectivity index (χ0n) is 18.8. The summed E-state index contributed by atoms with van der Waals surface area (Å²) < 4.78 is 44.0.